The van der Waals surface area contributed by atoms with Gasteiger partial charge in [-0.2, -0.15) is 0 Å². The maximum absolute atomic E-state index is 10.0. The molecule has 1 heterocycles. The van der Waals surface area contributed by atoms with Crippen molar-refractivity contribution in [1.82, 2.24) is 9.97 Å². The Morgan fingerprint density at radius 1 is 1.00 bits per heavy atom. The molecule has 0 aromatic carbocycles. The van der Waals surface area contributed by atoms with Gasteiger partial charge in [-0.1, -0.05) is 0 Å². The standard InChI is InChI=1S/C8H12N2.C4H9NO/c1-5-6(2)10-8(4)7(3)9-5;1-3(5)4(2)6/h1-4H3;3H,5H2,1-2H3. The molecule has 1 atom stereocenters. The zero-order chi connectivity index (χ0) is 12.9. The Morgan fingerprint density at radius 2 is 1.19 bits per heavy atom. The van der Waals surface area contributed by atoms with Gasteiger partial charge in [-0.25, -0.2) is 0 Å². The highest BCUT2D eigenvalue weighted by molar-refractivity contribution is 5.80. The molecule has 0 aliphatic heterocycles. The predicted molar refractivity (Wildman–Crippen MR) is 65.3 cm³/mol. The van der Waals surface area contributed by atoms with E-state index in [-0.39, 0.29) is 11.8 Å². The van der Waals surface area contributed by atoms with E-state index in [9.17, 15) is 4.79 Å². The first-order valence-corrected chi connectivity index (χ1v) is 5.30. The van der Waals surface area contributed by atoms with E-state index in [1.54, 1.807) is 6.92 Å². The van der Waals surface area contributed by atoms with Crippen molar-refractivity contribution in [3.63, 3.8) is 0 Å². The summed E-state index contributed by atoms with van der Waals surface area (Å²) in [4.78, 5) is 18.6. The van der Waals surface area contributed by atoms with Gasteiger partial charge >= 0.3 is 0 Å². The van der Waals surface area contributed by atoms with Gasteiger partial charge < -0.3 is 5.73 Å². The van der Waals surface area contributed by atoms with Crippen LogP contribution in [0, 0.1) is 27.7 Å². The minimum Gasteiger partial charge on any atom is -0.322 e. The summed E-state index contributed by atoms with van der Waals surface area (Å²) in [7, 11) is 0. The summed E-state index contributed by atoms with van der Waals surface area (Å²) in [6, 6.07) is -0.287. The average Bonchev–Trinajstić information content (AvgIpc) is 2.16. The van der Waals surface area contributed by atoms with Crippen molar-refractivity contribution in [3.05, 3.63) is 22.8 Å². The van der Waals surface area contributed by atoms with Crippen LogP contribution in [0.2, 0.25) is 0 Å². The summed E-state index contributed by atoms with van der Waals surface area (Å²) in [5.41, 5.74) is 9.21. The lowest BCUT2D eigenvalue weighted by Crippen LogP contribution is -2.23. The van der Waals surface area contributed by atoms with Gasteiger partial charge in [0.1, 0.15) is 5.78 Å². The number of nitrogens with zero attached hydrogens (tertiary/aromatic N) is 2. The summed E-state index contributed by atoms with van der Waals surface area (Å²) < 4.78 is 0. The summed E-state index contributed by atoms with van der Waals surface area (Å²) in [6.07, 6.45) is 0. The summed E-state index contributed by atoms with van der Waals surface area (Å²) >= 11 is 0. The van der Waals surface area contributed by atoms with Gasteiger partial charge in [0.15, 0.2) is 0 Å². The van der Waals surface area contributed by atoms with E-state index in [0.29, 0.717) is 0 Å². The van der Waals surface area contributed by atoms with Gasteiger partial charge in [0.2, 0.25) is 0 Å². The number of hydrogen-bond acceptors (Lipinski definition) is 4. The van der Waals surface area contributed by atoms with Crippen LogP contribution in [0.1, 0.15) is 36.6 Å². The number of carbonyl (C=O) groups is 1. The monoisotopic (exact) mass is 223 g/mol. The molecule has 16 heavy (non-hydrogen) atoms. The van der Waals surface area contributed by atoms with Crippen LogP contribution in [0.4, 0.5) is 0 Å². The van der Waals surface area contributed by atoms with Crippen LogP contribution in [0.5, 0.6) is 0 Å². The van der Waals surface area contributed by atoms with E-state index in [0.717, 1.165) is 22.8 Å². The number of aryl methyl sites for hydroxylation is 4. The van der Waals surface area contributed by atoms with Gasteiger partial charge in [0.25, 0.3) is 0 Å². The summed E-state index contributed by atoms with van der Waals surface area (Å²) in [5.74, 6) is 0.0370. The first kappa shape index (κ1) is 14.7. The van der Waals surface area contributed by atoms with Gasteiger partial charge in [-0.15, -0.1) is 0 Å². The van der Waals surface area contributed by atoms with Crippen LogP contribution in [0.15, 0.2) is 0 Å². The van der Waals surface area contributed by atoms with E-state index in [1.807, 2.05) is 27.7 Å². The third-order valence-electron chi connectivity index (χ3n) is 2.36. The van der Waals surface area contributed by atoms with Crippen molar-refractivity contribution in [1.29, 1.82) is 0 Å². The predicted octanol–water partition coefficient (Wildman–Crippen LogP) is 1.63. The highest BCUT2D eigenvalue weighted by Crippen LogP contribution is 2.04. The molecule has 0 saturated carbocycles. The molecule has 4 nitrogen and oxygen atoms in total. The Morgan fingerprint density at radius 3 is 1.31 bits per heavy atom. The number of carbonyl (C=O) groups excluding carboxylic acids is 1. The molecule has 4 heteroatoms. The Labute approximate surface area is 97.3 Å². The molecule has 0 bridgehead atoms. The van der Waals surface area contributed by atoms with E-state index < -0.39 is 0 Å². The second-order valence-corrected chi connectivity index (χ2v) is 3.96. The molecule has 1 aromatic rings. The molecule has 1 aromatic heterocycles. The maximum Gasteiger partial charge on any atom is 0.146 e. The van der Waals surface area contributed by atoms with Crippen LogP contribution < -0.4 is 5.73 Å². The second-order valence-electron chi connectivity index (χ2n) is 3.96. The molecule has 1 rings (SSSR count). The lowest BCUT2D eigenvalue weighted by atomic mass is 10.3. The molecule has 0 fully saturated rings. The normalized spacial score (nSPS) is 11.4. The first-order valence-electron chi connectivity index (χ1n) is 5.30. The lowest BCUT2D eigenvalue weighted by Gasteiger charge is -2.01. The number of aromatic nitrogens is 2. The SMILES string of the molecule is CC(=O)C(C)N.Cc1nc(C)c(C)nc1C. The van der Waals surface area contributed by atoms with Crippen LogP contribution in [0.3, 0.4) is 0 Å². The smallest absolute Gasteiger partial charge is 0.146 e. The largest absolute Gasteiger partial charge is 0.322 e. The van der Waals surface area contributed by atoms with Gasteiger partial charge in [0, 0.05) is 0 Å². The average molecular weight is 223 g/mol. The van der Waals surface area contributed by atoms with Crippen molar-refractivity contribution in [2.45, 2.75) is 47.6 Å². The Balaban J connectivity index is 0.000000325. The molecule has 0 amide bonds. The van der Waals surface area contributed by atoms with Gasteiger partial charge in [-0.05, 0) is 41.5 Å². The number of ketones is 1. The zero-order valence-corrected chi connectivity index (χ0v) is 11.0. The molecule has 90 valence electrons. The molecule has 0 radical (unpaired) electrons. The fourth-order valence-corrected chi connectivity index (χ4v) is 0.827. The molecule has 1 unspecified atom stereocenters. The van der Waals surface area contributed by atoms with Crippen LogP contribution in [-0.4, -0.2) is 21.8 Å². The lowest BCUT2D eigenvalue weighted by molar-refractivity contribution is -0.117. The highest BCUT2D eigenvalue weighted by Gasteiger charge is 1.98. The highest BCUT2D eigenvalue weighted by atomic mass is 16.1. The molecular weight excluding hydrogens is 202 g/mol. The Kier molecular flexibility index (Phi) is 5.82. The number of hydrogen-bond donors (Lipinski definition) is 1. The van der Waals surface area contributed by atoms with Gasteiger partial charge in [0.05, 0.1) is 28.8 Å². The van der Waals surface area contributed by atoms with Crippen molar-refractivity contribution in [2.24, 2.45) is 5.73 Å². The fraction of sp³-hybridized carbons (Fsp3) is 0.583. The topological polar surface area (TPSA) is 68.9 Å². The number of nitrogens with two attached hydrogens (primary N) is 1. The van der Waals surface area contributed by atoms with Crippen molar-refractivity contribution < 1.29 is 4.79 Å². The quantitative estimate of drug-likeness (QED) is 0.785. The van der Waals surface area contributed by atoms with E-state index in [2.05, 4.69) is 9.97 Å². The fourth-order valence-electron chi connectivity index (χ4n) is 0.827. The van der Waals surface area contributed by atoms with E-state index in [4.69, 9.17) is 5.73 Å². The van der Waals surface area contributed by atoms with Crippen LogP contribution in [-0.2, 0) is 4.79 Å². The molecule has 2 N–H and O–H groups in total. The Hall–Kier alpha value is -1.29. The minimum atomic E-state index is -0.287. The number of rotatable bonds is 1. The second kappa shape index (κ2) is 6.33. The zero-order valence-electron chi connectivity index (χ0n) is 11.0. The minimum absolute atomic E-state index is 0.0370. The van der Waals surface area contributed by atoms with E-state index in [1.165, 1.54) is 6.92 Å². The first-order chi connectivity index (χ1) is 7.25. The summed E-state index contributed by atoms with van der Waals surface area (Å²) in [6.45, 7) is 11.1. The maximum atomic E-state index is 10.0. The molecule has 0 aliphatic rings. The van der Waals surface area contributed by atoms with Crippen LogP contribution >= 0.6 is 0 Å². The van der Waals surface area contributed by atoms with Crippen molar-refractivity contribution >= 4 is 5.78 Å². The molecule has 0 spiro atoms. The third kappa shape index (κ3) is 4.98. The molecule has 0 saturated heterocycles. The van der Waals surface area contributed by atoms with Crippen molar-refractivity contribution in [3.8, 4) is 0 Å². The third-order valence-corrected chi connectivity index (χ3v) is 2.36. The van der Waals surface area contributed by atoms with Crippen LogP contribution in [0.25, 0.3) is 0 Å². The number of Topliss-reactive ketones (excluding diaryl/α,β-unsaturated/α-hetero) is 1. The van der Waals surface area contributed by atoms with Gasteiger partial charge in [-0.3, -0.25) is 14.8 Å². The summed E-state index contributed by atoms with van der Waals surface area (Å²) in [5, 5.41) is 0. The Bertz CT molecular complexity index is 323. The van der Waals surface area contributed by atoms with E-state index >= 15 is 0 Å². The molecular formula is C12H21N3O. The van der Waals surface area contributed by atoms with Crippen molar-refractivity contribution in [2.75, 3.05) is 0 Å². The molecule has 0 aliphatic carbocycles.